The van der Waals surface area contributed by atoms with Gasteiger partial charge in [0.2, 0.25) is 0 Å². The van der Waals surface area contributed by atoms with Crippen LogP contribution in [0.2, 0.25) is 0 Å². The van der Waals surface area contributed by atoms with Crippen molar-refractivity contribution in [2.75, 3.05) is 11.9 Å². The summed E-state index contributed by atoms with van der Waals surface area (Å²) in [5.74, 6) is 3.02. The van der Waals surface area contributed by atoms with Crippen molar-refractivity contribution in [2.24, 2.45) is 5.92 Å². The SMILES string of the molecule is CC(CBr)COc1ccc(Oc2ccccc2)cc1. The number of benzene rings is 2. The predicted octanol–water partition coefficient (Wildman–Crippen LogP) is 4.89. The van der Waals surface area contributed by atoms with Crippen LogP contribution in [0.3, 0.4) is 0 Å². The molecule has 2 nitrogen and oxygen atoms in total. The van der Waals surface area contributed by atoms with Gasteiger partial charge >= 0.3 is 0 Å². The fourth-order valence-electron chi connectivity index (χ4n) is 1.51. The van der Waals surface area contributed by atoms with Crippen molar-refractivity contribution in [1.29, 1.82) is 0 Å². The van der Waals surface area contributed by atoms with Crippen LogP contribution in [0.25, 0.3) is 0 Å². The first-order valence-corrected chi connectivity index (χ1v) is 7.42. The zero-order chi connectivity index (χ0) is 13.5. The third-order valence-electron chi connectivity index (χ3n) is 2.60. The second-order valence-corrected chi connectivity index (χ2v) is 5.10. The molecule has 0 amide bonds. The van der Waals surface area contributed by atoms with Crippen LogP contribution >= 0.6 is 15.9 Å². The van der Waals surface area contributed by atoms with Crippen LogP contribution in [0, 0.1) is 5.92 Å². The summed E-state index contributed by atoms with van der Waals surface area (Å²) in [7, 11) is 0. The molecule has 0 spiro atoms. The second kappa shape index (κ2) is 7.19. The minimum atomic E-state index is 0.500. The summed E-state index contributed by atoms with van der Waals surface area (Å²) in [6.07, 6.45) is 0. The first kappa shape index (κ1) is 13.9. The molecule has 0 aliphatic carbocycles. The Morgan fingerprint density at radius 2 is 1.47 bits per heavy atom. The van der Waals surface area contributed by atoms with Crippen LogP contribution in [0.4, 0.5) is 0 Å². The van der Waals surface area contributed by atoms with E-state index < -0.39 is 0 Å². The van der Waals surface area contributed by atoms with E-state index in [1.54, 1.807) is 0 Å². The molecule has 100 valence electrons. The van der Waals surface area contributed by atoms with Crippen molar-refractivity contribution in [3.05, 3.63) is 54.6 Å². The van der Waals surface area contributed by atoms with E-state index in [9.17, 15) is 0 Å². The zero-order valence-corrected chi connectivity index (χ0v) is 12.5. The molecular weight excluding hydrogens is 304 g/mol. The predicted molar refractivity (Wildman–Crippen MR) is 81.4 cm³/mol. The molecule has 0 fully saturated rings. The summed E-state index contributed by atoms with van der Waals surface area (Å²) < 4.78 is 11.4. The molecule has 0 saturated carbocycles. The highest BCUT2D eigenvalue weighted by atomic mass is 79.9. The Hall–Kier alpha value is -1.48. The van der Waals surface area contributed by atoms with Crippen molar-refractivity contribution >= 4 is 15.9 Å². The molecule has 0 aliphatic heterocycles. The summed E-state index contributed by atoms with van der Waals surface area (Å²) in [6, 6.07) is 17.4. The van der Waals surface area contributed by atoms with Crippen molar-refractivity contribution in [3.63, 3.8) is 0 Å². The Morgan fingerprint density at radius 1 is 0.895 bits per heavy atom. The quantitative estimate of drug-likeness (QED) is 0.705. The maximum absolute atomic E-state index is 5.72. The van der Waals surface area contributed by atoms with Gasteiger partial charge in [0.1, 0.15) is 17.2 Å². The molecule has 3 heteroatoms. The highest BCUT2D eigenvalue weighted by Gasteiger charge is 2.02. The molecule has 1 atom stereocenters. The van der Waals surface area contributed by atoms with E-state index in [0.717, 1.165) is 22.6 Å². The van der Waals surface area contributed by atoms with Gasteiger partial charge in [0, 0.05) is 5.33 Å². The first-order valence-electron chi connectivity index (χ1n) is 6.29. The van der Waals surface area contributed by atoms with E-state index in [2.05, 4.69) is 22.9 Å². The van der Waals surface area contributed by atoms with Gasteiger partial charge in [0.25, 0.3) is 0 Å². The van der Waals surface area contributed by atoms with Crippen molar-refractivity contribution < 1.29 is 9.47 Å². The van der Waals surface area contributed by atoms with Crippen molar-refractivity contribution in [3.8, 4) is 17.2 Å². The highest BCUT2D eigenvalue weighted by molar-refractivity contribution is 9.09. The van der Waals surface area contributed by atoms with Gasteiger partial charge in [-0.25, -0.2) is 0 Å². The van der Waals surface area contributed by atoms with Gasteiger partial charge in [-0.15, -0.1) is 0 Å². The molecule has 0 radical (unpaired) electrons. The lowest BCUT2D eigenvalue weighted by Crippen LogP contribution is -2.09. The fraction of sp³-hybridized carbons (Fsp3) is 0.250. The second-order valence-electron chi connectivity index (χ2n) is 4.46. The molecular formula is C16H17BrO2. The molecule has 0 bridgehead atoms. The summed E-state index contributed by atoms with van der Waals surface area (Å²) >= 11 is 3.44. The van der Waals surface area contributed by atoms with Crippen LogP contribution in [0.15, 0.2) is 54.6 Å². The molecule has 0 saturated heterocycles. The summed E-state index contributed by atoms with van der Waals surface area (Å²) in [4.78, 5) is 0. The molecule has 0 N–H and O–H groups in total. The van der Waals surface area contributed by atoms with E-state index in [1.165, 1.54) is 0 Å². The van der Waals surface area contributed by atoms with Gasteiger partial charge in [-0.05, 0) is 42.3 Å². The van der Waals surface area contributed by atoms with Gasteiger partial charge in [-0.3, -0.25) is 0 Å². The lowest BCUT2D eigenvalue weighted by atomic mass is 10.2. The number of rotatable bonds is 6. The van der Waals surface area contributed by atoms with Gasteiger partial charge in [-0.2, -0.15) is 0 Å². The number of alkyl halides is 1. The maximum atomic E-state index is 5.72. The van der Waals surface area contributed by atoms with Crippen LogP contribution in [-0.2, 0) is 0 Å². The summed E-state index contributed by atoms with van der Waals surface area (Å²) in [5.41, 5.74) is 0. The van der Waals surface area contributed by atoms with E-state index in [1.807, 2.05) is 54.6 Å². The van der Waals surface area contributed by atoms with Crippen molar-refractivity contribution in [1.82, 2.24) is 0 Å². The van der Waals surface area contributed by atoms with Gasteiger partial charge in [0.05, 0.1) is 6.61 Å². The van der Waals surface area contributed by atoms with Gasteiger partial charge < -0.3 is 9.47 Å². The van der Waals surface area contributed by atoms with Gasteiger partial charge in [0.15, 0.2) is 0 Å². The standard InChI is InChI=1S/C16H17BrO2/c1-13(11-17)12-18-14-7-9-16(10-8-14)19-15-5-3-2-4-6-15/h2-10,13H,11-12H2,1H3. The number of ether oxygens (including phenoxy) is 2. The Bertz CT molecular complexity index is 482. The Morgan fingerprint density at radius 3 is 2.11 bits per heavy atom. The summed E-state index contributed by atoms with van der Waals surface area (Å²) in [6.45, 7) is 2.85. The topological polar surface area (TPSA) is 18.5 Å². The molecule has 19 heavy (non-hydrogen) atoms. The number of halogens is 1. The highest BCUT2D eigenvalue weighted by Crippen LogP contribution is 2.23. The van der Waals surface area contributed by atoms with Crippen LogP contribution in [0.1, 0.15) is 6.92 Å². The Kier molecular flexibility index (Phi) is 5.28. The molecule has 2 rings (SSSR count). The van der Waals surface area contributed by atoms with Gasteiger partial charge in [-0.1, -0.05) is 41.1 Å². The average Bonchev–Trinajstić information content (AvgIpc) is 2.47. The third kappa shape index (κ3) is 4.60. The minimum Gasteiger partial charge on any atom is -0.493 e. The average molecular weight is 321 g/mol. The van der Waals surface area contributed by atoms with E-state index in [-0.39, 0.29) is 0 Å². The molecule has 2 aromatic rings. The van der Waals surface area contributed by atoms with E-state index >= 15 is 0 Å². The number of para-hydroxylation sites is 1. The number of hydrogen-bond acceptors (Lipinski definition) is 2. The third-order valence-corrected chi connectivity index (χ3v) is 3.71. The zero-order valence-electron chi connectivity index (χ0n) is 10.9. The number of hydrogen-bond donors (Lipinski definition) is 0. The molecule has 0 heterocycles. The Labute approximate surface area is 122 Å². The summed E-state index contributed by atoms with van der Waals surface area (Å²) in [5, 5.41) is 0.947. The van der Waals surface area contributed by atoms with Crippen LogP contribution < -0.4 is 9.47 Å². The lowest BCUT2D eigenvalue weighted by molar-refractivity contribution is 0.274. The van der Waals surface area contributed by atoms with Crippen molar-refractivity contribution in [2.45, 2.75) is 6.92 Å². The van der Waals surface area contributed by atoms with Crippen LogP contribution in [-0.4, -0.2) is 11.9 Å². The van der Waals surface area contributed by atoms with Crippen LogP contribution in [0.5, 0.6) is 17.2 Å². The lowest BCUT2D eigenvalue weighted by Gasteiger charge is -2.11. The molecule has 1 unspecified atom stereocenters. The smallest absolute Gasteiger partial charge is 0.127 e. The molecule has 2 aromatic carbocycles. The van der Waals surface area contributed by atoms with E-state index in [0.29, 0.717) is 12.5 Å². The first-order chi connectivity index (χ1) is 9.28. The maximum Gasteiger partial charge on any atom is 0.127 e. The molecule has 0 aliphatic rings. The monoisotopic (exact) mass is 320 g/mol. The minimum absolute atomic E-state index is 0.500. The largest absolute Gasteiger partial charge is 0.493 e. The van der Waals surface area contributed by atoms with E-state index in [4.69, 9.17) is 9.47 Å². The Balaban J connectivity index is 1.91. The normalized spacial score (nSPS) is 11.9. The fourth-order valence-corrected chi connectivity index (χ4v) is 1.70. The molecule has 0 aromatic heterocycles.